The molecule has 0 atom stereocenters. The third-order valence-corrected chi connectivity index (χ3v) is 4.80. The number of hydrogen-bond acceptors (Lipinski definition) is 4. The van der Waals surface area contributed by atoms with Gasteiger partial charge in [0.1, 0.15) is 5.01 Å². The largest absolute Gasteiger partial charge is 0.369 e. The summed E-state index contributed by atoms with van der Waals surface area (Å²) >= 11 is 1.76. The zero-order valence-corrected chi connectivity index (χ0v) is 13.6. The molecule has 112 valence electrons. The van der Waals surface area contributed by atoms with Crippen molar-refractivity contribution in [3.63, 3.8) is 0 Å². The predicted molar refractivity (Wildman–Crippen MR) is 89.9 cm³/mol. The molecule has 3 nitrogen and oxygen atoms in total. The topological polar surface area (TPSA) is 28.2 Å². The average molecular weight is 301 g/mol. The van der Waals surface area contributed by atoms with Crippen molar-refractivity contribution in [2.45, 2.75) is 45.3 Å². The molecule has 0 radical (unpaired) electrons. The molecule has 1 saturated carbocycles. The summed E-state index contributed by atoms with van der Waals surface area (Å²) in [4.78, 5) is 6.98. The zero-order valence-electron chi connectivity index (χ0n) is 12.8. The van der Waals surface area contributed by atoms with Gasteiger partial charge in [0.05, 0.1) is 12.2 Å². The van der Waals surface area contributed by atoms with E-state index in [9.17, 15) is 0 Å². The molecule has 1 aliphatic carbocycles. The van der Waals surface area contributed by atoms with E-state index < -0.39 is 0 Å². The molecule has 3 rings (SSSR count). The van der Waals surface area contributed by atoms with Crippen LogP contribution in [0.2, 0.25) is 0 Å². The molecule has 1 aromatic heterocycles. The van der Waals surface area contributed by atoms with E-state index in [4.69, 9.17) is 4.98 Å². The van der Waals surface area contributed by atoms with Gasteiger partial charge >= 0.3 is 0 Å². The fraction of sp³-hybridized carbons (Fsp3) is 0.471. The maximum atomic E-state index is 4.72. The first-order chi connectivity index (χ1) is 10.2. The molecule has 1 N–H and O–H groups in total. The number of anilines is 1. The monoisotopic (exact) mass is 301 g/mol. The lowest BCUT2D eigenvalue weighted by Gasteiger charge is -2.18. The zero-order chi connectivity index (χ0) is 14.7. The second kappa shape index (κ2) is 6.58. The van der Waals surface area contributed by atoms with E-state index in [0.29, 0.717) is 0 Å². The van der Waals surface area contributed by atoms with Crippen LogP contribution in [0.3, 0.4) is 0 Å². The Morgan fingerprint density at radius 1 is 1.29 bits per heavy atom. The SMILES string of the molecule is CCc1ccc(N(C)Cc2csc(CNC3CC3)n2)cc1. The summed E-state index contributed by atoms with van der Waals surface area (Å²) in [5.41, 5.74) is 3.79. The number of aryl methyl sites for hydroxylation is 1. The normalized spacial score (nSPS) is 14.4. The van der Waals surface area contributed by atoms with Gasteiger partial charge in [0.25, 0.3) is 0 Å². The molecule has 1 aromatic carbocycles. The molecule has 0 saturated heterocycles. The Morgan fingerprint density at radius 3 is 2.71 bits per heavy atom. The first-order valence-electron chi connectivity index (χ1n) is 7.71. The van der Waals surface area contributed by atoms with Crippen molar-refractivity contribution in [2.75, 3.05) is 11.9 Å². The average Bonchev–Trinajstić information content (AvgIpc) is 3.25. The van der Waals surface area contributed by atoms with Crippen molar-refractivity contribution in [1.82, 2.24) is 10.3 Å². The van der Waals surface area contributed by atoms with E-state index >= 15 is 0 Å². The van der Waals surface area contributed by atoms with Gasteiger partial charge in [-0.25, -0.2) is 4.98 Å². The lowest BCUT2D eigenvalue weighted by molar-refractivity contribution is 0.682. The third-order valence-electron chi connectivity index (χ3n) is 3.90. The van der Waals surface area contributed by atoms with Gasteiger partial charge in [-0.1, -0.05) is 19.1 Å². The minimum absolute atomic E-state index is 0.747. The molecule has 0 spiro atoms. The van der Waals surface area contributed by atoms with Gasteiger partial charge < -0.3 is 10.2 Å². The number of thiazole rings is 1. The number of nitrogens with one attached hydrogen (secondary N) is 1. The van der Waals surface area contributed by atoms with Gasteiger partial charge in [0, 0.05) is 30.7 Å². The Labute approximate surface area is 131 Å². The van der Waals surface area contributed by atoms with E-state index in [-0.39, 0.29) is 0 Å². The van der Waals surface area contributed by atoms with Crippen molar-refractivity contribution < 1.29 is 0 Å². The van der Waals surface area contributed by atoms with Crippen molar-refractivity contribution in [1.29, 1.82) is 0 Å². The lowest BCUT2D eigenvalue weighted by Crippen LogP contribution is -2.17. The minimum Gasteiger partial charge on any atom is -0.369 e. The molecule has 1 fully saturated rings. The second-order valence-corrected chi connectivity index (χ2v) is 6.71. The predicted octanol–water partition coefficient (Wildman–Crippen LogP) is 3.59. The molecule has 21 heavy (non-hydrogen) atoms. The van der Waals surface area contributed by atoms with Crippen molar-refractivity contribution in [3.8, 4) is 0 Å². The fourth-order valence-electron chi connectivity index (χ4n) is 2.34. The van der Waals surface area contributed by atoms with Gasteiger partial charge in [0.2, 0.25) is 0 Å². The molecule has 0 amide bonds. The molecule has 0 bridgehead atoms. The quantitative estimate of drug-likeness (QED) is 0.847. The van der Waals surface area contributed by atoms with Crippen LogP contribution in [-0.4, -0.2) is 18.1 Å². The summed E-state index contributed by atoms with van der Waals surface area (Å²) in [6.45, 7) is 3.97. The standard InChI is InChI=1S/C17H23N3S/c1-3-13-4-8-16(9-5-13)20(2)11-15-12-21-17(19-15)10-18-14-6-7-14/h4-5,8-9,12,14,18H,3,6-7,10-11H2,1-2H3. The maximum Gasteiger partial charge on any atom is 0.107 e. The highest BCUT2D eigenvalue weighted by Crippen LogP contribution is 2.21. The van der Waals surface area contributed by atoms with Crippen LogP contribution < -0.4 is 10.2 Å². The summed E-state index contributed by atoms with van der Waals surface area (Å²) in [5, 5.41) is 6.90. The van der Waals surface area contributed by atoms with Gasteiger partial charge in [-0.3, -0.25) is 0 Å². The minimum atomic E-state index is 0.747. The molecular formula is C17H23N3S. The molecule has 1 heterocycles. The Bertz CT molecular complexity index is 572. The fourth-order valence-corrected chi connectivity index (χ4v) is 3.08. The number of rotatable bonds is 7. The molecular weight excluding hydrogens is 278 g/mol. The maximum absolute atomic E-state index is 4.72. The molecule has 0 unspecified atom stereocenters. The first-order valence-corrected chi connectivity index (χ1v) is 8.59. The Morgan fingerprint density at radius 2 is 2.05 bits per heavy atom. The van der Waals surface area contributed by atoms with E-state index in [0.717, 1.165) is 31.2 Å². The van der Waals surface area contributed by atoms with Crippen molar-refractivity contribution in [3.05, 3.63) is 45.9 Å². The molecule has 4 heteroatoms. The van der Waals surface area contributed by atoms with Gasteiger partial charge in [-0.15, -0.1) is 11.3 Å². The van der Waals surface area contributed by atoms with Crippen LogP contribution in [0.1, 0.15) is 36.0 Å². The molecule has 1 aliphatic rings. The van der Waals surface area contributed by atoms with Crippen LogP contribution in [-0.2, 0) is 19.5 Å². The lowest BCUT2D eigenvalue weighted by atomic mass is 10.1. The van der Waals surface area contributed by atoms with E-state index in [1.807, 2.05) is 0 Å². The summed E-state index contributed by atoms with van der Waals surface area (Å²) in [6.07, 6.45) is 3.75. The smallest absolute Gasteiger partial charge is 0.107 e. The Hall–Kier alpha value is -1.39. The van der Waals surface area contributed by atoms with E-state index in [2.05, 4.69) is 53.8 Å². The molecule has 2 aromatic rings. The van der Waals surface area contributed by atoms with Crippen molar-refractivity contribution >= 4 is 17.0 Å². The number of aromatic nitrogens is 1. The van der Waals surface area contributed by atoms with E-state index in [1.165, 1.54) is 29.1 Å². The highest BCUT2D eigenvalue weighted by atomic mass is 32.1. The summed E-state index contributed by atoms with van der Waals surface area (Å²) in [7, 11) is 2.13. The summed E-state index contributed by atoms with van der Waals surface area (Å²) in [5.74, 6) is 0. The second-order valence-electron chi connectivity index (χ2n) is 5.76. The van der Waals surface area contributed by atoms with Gasteiger partial charge in [-0.2, -0.15) is 0 Å². The highest BCUT2D eigenvalue weighted by molar-refractivity contribution is 7.09. The van der Waals surface area contributed by atoms with E-state index in [1.54, 1.807) is 11.3 Å². The van der Waals surface area contributed by atoms with Crippen molar-refractivity contribution in [2.24, 2.45) is 0 Å². The number of nitrogens with zero attached hydrogens (tertiary/aromatic N) is 2. The van der Waals surface area contributed by atoms with Crippen LogP contribution in [0.15, 0.2) is 29.6 Å². The summed E-state index contributed by atoms with van der Waals surface area (Å²) in [6, 6.07) is 9.55. The number of benzene rings is 1. The first kappa shape index (κ1) is 14.5. The van der Waals surface area contributed by atoms with Gasteiger partial charge in [-0.05, 0) is 37.0 Å². The molecule has 0 aliphatic heterocycles. The number of hydrogen-bond donors (Lipinski definition) is 1. The Kier molecular flexibility index (Phi) is 4.56. The van der Waals surface area contributed by atoms with Crippen LogP contribution >= 0.6 is 11.3 Å². The van der Waals surface area contributed by atoms with Crippen LogP contribution in [0.5, 0.6) is 0 Å². The summed E-state index contributed by atoms with van der Waals surface area (Å²) < 4.78 is 0. The van der Waals surface area contributed by atoms with Crippen LogP contribution in [0, 0.1) is 0 Å². The highest BCUT2D eigenvalue weighted by Gasteiger charge is 2.20. The van der Waals surface area contributed by atoms with Crippen LogP contribution in [0.25, 0.3) is 0 Å². The van der Waals surface area contributed by atoms with Gasteiger partial charge in [0.15, 0.2) is 0 Å². The Balaban J connectivity index is 1.56. The third kappa shape index (κ3) is 4.05. The van der Waals surface area contributed by atoms with Crippen LogP contribution in [0.4, 0.5) is 5.69 Å².